The first-order chi connectivity index (χ1) is 8.72. The number of hydrogen-bond acceptors (Lipinski definition) is 3. The summed E-state index contributed by atoms with van der Waals surface area (Å²) in [5.74, 6) is 0.798. The van der Waals surface area contributed by atoms with Crippen molar-refractivity contribution in [1.29, 1.82) is 0 Å². The highest BCUT2D eigenvalue weighted by atomic mass is 16.2. The molecule has 0 spiro atoms. The zero-order valence-electron chi connectivity index (χ0n) is 11.6. The molecule has 1 N–H and O–H groups in total. The summed E-state index contributed by atoms with van der Waals surface area (Å²) in [5, 5.41) is 3.42. The molecule has 102 valence electrons. The van der Waals surface area contributed by atoms with Crippen molar-refractivity contribution in [1.82, 2.24) is 15.1 Å². The van der Waals surface area contributed by atoms with E-state index in [1.807, 2.05) is 0 Å². The van der Waals surface area contributed by atoms with Gasteiger partial charge in [-0.05, 0) is 31.7 Å². The predicted molar refractivity (Wildman–Crippen MR) is 71.1 cm³/mol. The van der Waals surface area contributed by atoms with Gasteiger partial charge >= 0.3 is 0 Å². The van der Waals surface area contributed by atoms with E-state index in [9.17, 15) is 4.79 Å². The van der Waals surface area contributed by atoms with Gasteiger partial charge in [0.15, 0.2) is 0 Å². The van der Waals surface area contributed by atoms with Gasteiger partial charge in [-0.3, -0.25) is 15.0 Å². The molecule has 3 fully saturated rings. The van der Waals surface area contributed by atoms with Crippen molar-refractivity contribution in [2.24, 2.45) is 5.92 Å². The van der Waals surface area contributed by atoms with Crippen LogP contribution in [0.1, 0.15) is 39.5 Å². The summed E-state index contributed by atoms with van der Waals surface area (Å²) in [5.41, 5.74) is 0. The lowest BCUT2D eigenvalue weighted by Crippen LogP contribution is -2.45. The molecule has 3 rings (SSSR count). The third-order valence-electron chi connectivity index (χ3n) is 5.21. The summed E-state index contributed by atoms with van der Waals surface area (Å²) in [6.45, 7) is 7.54. The van der Waals surface area contributed by atoms with Gasteiger partial charge in [0.1, 0.15) is 0 Å². The van der Waals surface area contributed by atoms with E-state index in [0.717, 1.165) is 13.1 Å². The van der Waals surface area contributed by atoms with Crippen molar-refractivity contribution >= 4 is 5.91 Å². The Balaban J connectivity index is 1.69. The van der Waals surface area contributed by atoms with Gasteiger partial charge in [-0.25, -0.2) is 0 Å². The minimum Gasteiger partial charge on any atom is -0.324 e. The molecule has 0 bridgehead atoms. The van der Waals surface area contributed by atoms with Crippen LogP contribution in [0.5, 0.6) is 0 Å². The maximum Gasteiger partial charge on any atom is 0.241 e. The van der Waals surface area contributed by atoms with Gasteiger partial charge in [-0.2, -0.15) is 0 Å². The summed E-state index contributed by atoms with van der Waals surface area (Å²) in [4.78, 5) is 17.2. The van der Waals surface area contributed by atoms with Crippen LogP contribution < -0.4 is 5.32 Å². The smallest absolute Gasteiger partial charge is 0.241 e. The molecule has 3 heterocycles. The topological polar surface area (TPSA) is 35.6 Å². The Hall–Kier alpha value is -0.610. The standard InChI is InChI=1S/C14H25N3O/c1-3-10(2)13-14(18)17(9-15-13)12-6-8-16-7-4-5-11(12)16/h10-13,15H,3-9H2,1-2H3. The Morgan fingerprint density at radius 1 is 1.33 bits per heavy atom. The van der Waals surface area contributed by atoms with Crippen molar-refractivity contribution in [3.8, 4) is 0 Å². The Morgan fingerprint density at radius 3 is 2.94 bits per heavy atom. The van der Waals surface area contributed by atoms with Gasteiger partial charge in [-0.15, -0.1) is 0 Å². The lowest BCUT2D eigenvalue weighted by Gasteiger charge is -2.29. The van der Waals surface area contributed by atoms with Crippen LogP contribution in [0.4, 0.5) is 0 Å². The lowest BCUT2D eigenvalue weighted by molar-refractivity contribution is -0.132. The van der Waals surface area contributed by atoms with E-state index in [1.54, 1.807) is 0 Å². The molecule has 0 radical (unpaired) electrons. The van der Waals surface area contributed by atoms with Crippen molar-refractivity contribution in [3.63, 3.8) is 0 Å². The van der Waals surface area contributed by atoms with E-state index in [4.69, 9.17) is 0 Å². The number of carbonyl (C=O) groups excluding carboxylic acids is 1. The van der Waals surface area contributed by atoms with Gasteiger partial charge in [0.25, 0.3) is 0 Å². The number of fused-ring (bicyclic) bond motifs is 1. The summed E-state index contributed by atoms with van der Waals surface area (Å²) in [6.07, 6.45) is 4.83. The maximum absolute atomic E-state index is 12.5. The van der Waals surface area contributed by atoms with Gasteiger partial charge in [-0.1, -0.05) is 20.3 Å². The van der Waals surface area contributed by atoms with Gasteiger partial charge < -0.3 is 4.90 Å². The minimum atomic E-state index is 0.0606. The average Bonchev–Trinajstić information content (AvgIpc) is 3.03. The van der Waals surface area contributed by atoms with E-state index < -0.39 is 0 Å². The SMILES string of the molecule is CCC(C)C1NCN(C2CCN3CCCC23)C1=O. The molecule has 4 heteroatoms. The first-order valence-corrected chi connectivity index (χ1v) is 7.50. The normalized spacial score (nSPS) is 38.4. The predicted octanol–water partition coefficient (Wildman–Crippen LogP) is 1.03. The highest BCUT2D eigenvalue weighted by Gasteiger charge is 2.45. The molecule has 3 saturated heterocycles. The molecule has 4 nitrogen and oxygen atoms in total. The number of carbonyl (C=O) groups is 1. The summed E-state index contributed by atoms with van der Waals surface area (Å²) in [6, 6.07) is 1.18. The van der Waals surface area contributed by atoms with Crippen LogP contribution in [0.3, 0.4) is 0 Å². The van der Waals surface area contributed by atoms with E-state index >= 15 is 0 Å². The first kappa shape index (κ1) is 12.4. The highest BCUT2D eigenvalue weighted by molar-refractivity contribution is 5.84. The molecule has 3 aliphatic heterocycles. The van der Waals surface area contributed by atoms with Gasteiger partial charge in [0, 0.05) is 18.6 Å². The summed E-state index contributed by atoms with van der Waals surface area (Å²) >= 11 is 0. The molecule has 4 atom stereocenters. The lowest BCUT2D eigenvalue weighted by atomic mass is 9.98. The van der Waals surface area contributed by atoms with Crippen LogP contribution in [0.25, 0.3) is 0 Å². The number of hydrogen-bond donors (Lipinski definition) is 1. The third-order valence-corrected chi connectivity index (χ3v) is 5.21. The second kappa shape index (κ2) is 4.82. The maximum atomic E-state index is 12.5. The second-order valence-corrected chi connectivity index (χ2v) is 6.14. The van der Waals surface area contributed by atoms with E-state index in [2.05, 4.69) is 29.0 Å². The first-order valence-electron chi connectivity index (χ1n) is 7.50. The van der Waals surface area contributed by atoms with Crippen LogP contribution in [0.15, 0.2) is 0 Å². The fourth-order valence-electron chi connectivity index (χ4n) is 3.92. The van der Waals surface area contributed by atoms with Crippen LogP contribution >= 0.6 is 0 Å². The van der Waals surface area contributed by atoms with Crippen molar-refractivity contribution in [3.05, 3.63) is 0 Å². The molecule has 0 aromatic heterocycles. The third kappa shape index (κ3) is 1.86. The minimum absolute atomic E-state index is 0.0606. The summed E-state index contributed by atoms with van der Waals surface area (Å²) < 4.78 is 0. The fourth-order valence-corrected chi connectivity index (χ4v) is 3.92. The average molecular weight is 251 g/mol. The highest BCUT2D eigenvalue weighted by Crippen LogP contribution is 2.33. The van der Waals surface area contributed by atoms with Crippen molar-refractivity contribution in [2.45, 2.75) is 57.7 Å². The molecule has 4 unspecified atom stereocenters. The molecule has 0 aliphatic carbocycles. The fraction of sp³-hybridized carbons (Fsp3) is 0.929. The van der Waals surface area contributed by atoms with Crippen LogP contribution in [0, 0.1) is 5.92 Å². The Labute approximate surface area is 110 Å². The molecule has 18 heavy (non-hydrogen) atoms. The van der Waals surface area contributed by atoms with Gasteiger partial charge in [0.2, 0.25) is 5.91 Å². The molecule has 0 aromatic rings. The van der Waals surface area contributed by atoms with Gasteiger partial charge in [0.05, 0.1) is 12.7 Å². The van der Waals surface area contributed by atoms with Crippen molar-refractivity contribution in [2.75, 3.05) is 19.8 Å². The molecule has 0 saturated carbocycles. The van der Waals surface area contributed by atoms with Crippen LogP contribution in [0.2, 0.25) is 0 Å². The monoisotopic (exact) mass is 251 g/mol. The zero-order valence-corrected chi connectivity index (χ0v) is 11.6. The van der Waals surface area contributed by atoms with Crippen LogP contribution in [-0.2, 0) is 4.79 Å². The molecule has 3 aliphatic rings. The molecular weight excluding hydrogens is 226 g/mol. The largest absolute Gasteiger partial charge is 0.324 e. The number of rotatable bonds is 3. The number of nitrogens with zero attached hydrogens (tertiary/aromatic N) is 2. The molecule has 1 amide bonds. The van der Waals surface area contributed by atoms with Crippen molar-refractivity contribution < 1.29 is 4.79 Å². The number of amides is 1. The quantitative estimate of drug-likeness (QED) is 0.813. The number of nitrogens with one attached hydrogen (secondary N) is 1. The zero-order chi connectivity index (χ0) is 12.7. The second-order valence-electron chi connectivity index (χ2n) is 6.14. The Kier molecular flexibility index (Phi) is 3.32. The molecular formula is C14H25N3O. The van der Waals surface area contributed by atoms with E-state index in [-0.39, 0.29) is 6.04 Å². The summed E-state index contributed by atoms with van der Waals surface area (Å²) in [7, 11) is 0. The van der Waals surface area contributed by atoms with E-state index in [0.29, 0.717) is 23.9 Å². The molecule has 0 aromatic carbocycles. The Bertz CT molecular complexity index is 333. The van der Waals surface area contributed by atoms with Crippen LogP contribution in [-0.4, -0.2) is 53.6 Å². The van der Waals surface area contributed by atoms with E-state index in [1.165, 1.54) is 32.4 Å². The Morgan fingerprint density at radius 2 is 2.17 bits per heavy atom.